The zero-order chi connectivity index (χ0) is 22.7. The van der Waals surface area contributed by atoms with Crippen LogP contribution >= 0.6 is 34.7 Å². The van der Waals surface area contributed by atoms with Crippen LogP contribution in [0.4, 0.5) is 5.69 Å². The van der Waals surface area contributed by atoms with Gasteiger partial charge in [-0.1, -0.05) is 60.1 Å². The number of fused-ring (bicyclic) bond motifs is 1. The molecule has 5 nitrogen and oxygen atoms in total. The molecule has 0 fully saturated rings. The van der Waals surface area contributed by atoms with Crippen LogP contribution in [0.15, 0.2) is 59.2 Å². The van der Waals surface area contributed by atoms with Gasteiger partial charge in [0.15, 0.2) is 0 Å². The normalized spacial score (nSPS) is 12.0. The third-order valence-electron chi connectivity index (χ3n) is 5.03. The van der Waals surface area contributed by atoms with Crippen LogP contribution in [0.1, 0.15) is 18.9 Å². The van der Waals surface area contributed by atoms with E-state index in [1.54, 1.807) is 43.0 Å². The van der Waals surface area contributed by atoms with E-state index in [0.717, 1.165) is 26.4 Å². The number of thiophene rings is 1. The summed E-state index contributed by atoms with van der Waals surface area (Å²) in [6.45, 7) is 4.05. The Kier molecular flexibility index (Phi) is 6.98. The zero-order valence-electron chi connectivity index (χ0n) is 17.9. The molecule has 0 radical (unpaired) electrons. The summed E-state index contributed by atoms with van der Waals surface area (Å²) in [7, 11) is 1.56. The number of rotatable bonds is 7. The molecule has 0 bridgehead atoms. The van der Waals surface area contributed by atoms with Gasteiger partial charge in [0, 0.05) is 16.0 Å². The maximum absolute atomic E-state index is 13.1. The Morgan fingerprint density at radius 1 is 1.22 bits per heavy atom. The summed E-state index contributed by atoms with van der Waals surface area (Å²) in [6.07, 6.45) is 2.19. The molecule has 0 spiro atoms. The molecule has 32 heavy (non-hydrogen) atoms. The van der Waals surface area contributed by atoms with Crippen molar-refractivity contribution in [3.8, 4) is 16.9 Å². The maximum Gasteiger partial charge on any atom is 0.238 e. The molecule has 1 unspecified atom stereocenters. The molecule has 2 aromatic carbocycles. The summed E-state index contributed by atoms with van der Waals surface area (Å²) in [5.74, 6) is 0.434. The van der Waals surface area contributed by atoms with Crippen LogP contribution < -0.4 is 10.1 Å². The van der Waals surface area contributed by atoms with Crippen molar-refractivity contribution in [2.45, 2.75) is 30.5 Å². The fourth-order valence-corrected chi connectivity index (χ4v) is 5.52. The minimum atomic E-state index is -0.345. The maximum atomic E-state index is 13.1. The third-order valence-corrected chi connectivity index (χ3v) is 7.52. The lowest BCUT2D eigenvalue weighted by Gasteiger charge is -2.17. The Bertz CT molecular complexity index is 1260. The average molecular weight is 484 g/mol. The minimum absolute atomic E-state index is 0.128. The summed E-state index contributed by atoms with van der Waals surface area (Å²) in [5.41, 5.74) is 3.95. The molecule has 0 aliphatic heterocycles. The molecule has 0 aliphatic carbocycles. The summed E-state index contributed by atoms with van der Waals surface area (Å²) in [5, 5.41) is 7.03. The topological polar surface area (TPSA) is 64.1 Å². The minimum Gasteiger partial charge on any atom is -0.495 e. The van der Waals surface area contributed by atoms with Gasteiger partial charge in [-0.05, 0) is 37.1 Å². The second kappa shape index (κ2) is 9.90. The lowest BCUT2D eigenvalue weighted by molar-refractivity contribution is -0.115. The van der Waals surface area contributed by atoms with Crippen molar-refractivity contribution >= 4 is 56.5 Å². The van der Waals surface area contributed by atoms with Gasteiger partial charge in [0.25, 0.3) is 0 Å². The highest BCUT2D eigenvalue weighted by Gasteiger charge is 2.23. The van der Waals surface area contributed by atoms with Crippen molar-refractivity contribution in [3.63, 3.8) is 0 Å². The summed E-state index contributed by atoms with van der Waals surface area (Å²) >= 11 is 9.14. The van der Waals surface area contributed by atoms with Crippen LogP contribution in [0.3, 0.4) is 0 Å². The molecule has 0 aliphatic rings. The first kappa shape index (κ1) is 22.6. The highest BCUT2D eigenvalue weighted by Crippen LogP contribution is 2.40. The summed E-state index contributed by atoms with van der Waals surface area (Å²) in [4.78, 5) is 23.0. The van der Waals surface area contributed by atoms with Gasteiger partial charge in [0.2, 0.25) is 5.91 Å². The first-order valence-electron chi connectivity index (χ1n) is 10.1. The van der Waals surface area contributed by atoms with Crippen molar-refractivity contribution in [3.05, 3.63) is 64.8 Å². The van der Waals surface area contributed by atoms with Crippen molar-refractivity contribution in [2.75, 3.05) is 12.4 Å². The number of halogens is 1. The number of carbonyl (C=O) groups is 1. The molecular formula is C24H22ClN3O2S2. The number of aromatic nitrogens is 2. The first-order chi connectivity index (χ1) is 15.5. The number of hydrogen-bond donors (Lipinski definition) is 1. The highest BCUT2D eigenvalue weighted by molar-refractivity contribution is 8.00. The summed E-state index contributed by atoms with van der Waals surface area (Å²) in [6, 6.07) is 13.5. The molecule has 0 saturated heterocycles. The van der Waals surface area contributed by atoms with Crippen molar-refractivity contribution in [1.29, 1.82) is 0 Å². The van der Waals surface area contributed by atoms with Gasteiger partial charge in [-0.25, -0.2) is 9.97 Å². The SMILES string of the molecule is CCC(Sc1ncnc2scc(-c3ccc(C)cc3)c12)C(=O)Nc1cc(Cl)ccc1OC. The molecule has 1 N–H and O–H groups in total. The molecule has 2 aromatic heterocycles. The van der Waals surface area contributed by atoms with E-state index in [4.69, 9.17) is 16.3 Å². The molecular weight excluding hydrogens is 462 g/mol. The zero-order valence-corrected chi connectivity index (χ0v) is 20.3. The predicted molar refractivity (Wildman–Crippen MR) is 134 cm³/mol. The molecule has 4 aromatic rings. The molecule has 1 amide bonds. The van der Waals surface area contributed by atoms with Crippen LogP contribution in [0.25, 0.3) is 21.3 Å². The number of carbonyl (C=O) groups excluding carboxylic acids is 1. The van der Waals surface area contributed by atoms with Crippen LogP contribution in [-0.2, 0) is 4.79 Å². The van der Waals surface area contributed by atoms with E-state index in [1.807, 2.05) is 6.92 Å². The Hall–Kier alpha value is -2.61. The number of amides is 1. The van der Waals surface area contributed by atoms with E-state index in [1.165, 1.54) is 17.3 Å². The van der Waals surface area contributed by atoms with E-state index in [-0.39, 0.29) is 11.2 Å². The first-order valence-corrected chi connectivity index (χ1v) is 12.2. The molecule has 4 rings (SSSR count). The average Bonchev–Trinajstić information content (AvgIpc) is 3.23. The number of benzene rings is 2. The van der Waals surface area contributed by atoms with Gasteiger partial charge < -0.3 is 10.1 Å². The van der Waals surface area contributed by atoms with Crippen LogP contribution in [0, 0.1) is 6.92 Å². The predicted octanol–water partition coefficient (Wildman–Crippen LogP) is 6.84. The monoisotopic (exact) mass is 483 g/mol. The molecule has 2 heterocycles. The van der Waals surface area contributed by atoms with Gasteiger partial charge >= 0.3 is 0 Å². The Labute approximate surface area is 200 Å². The van der Waals surface area contributed by atoms with Gasteiger partial charge in [0.05, 0.1) is 23.4 Å². The number of aryl methyl sites for hydroxylation is 1. The Balaban J connectivity index is 1.64. The Morgan fingerprint density at radius 3 is 2.72 bits per heavy atom. The lowest BCUT2D eigenvalue weighted by atomic mass is 10.1. The third kappa shape index (κ3) is 4.75. The van der Waals surface area contributed by atoms with Gasteiger partial charge in [-0.2, -0.15) is 0 Å². The van der Waals surface area contributed by atoms with E-state index in [9.17, 15) is 4.79 Å². The number of nitrogens with zero attached hydrogens (tertiary/aromatic N) is 2. The van der Waals surface area contributed by atoms with E-state index < -0.39 is 0 Å². The van der Waals surface area contributed by atoms with Crippen LogP contribution in [-0.4, -0.2) is 28.2 Å². The fraction of sp³-hybridized carbons (Fsp3) is 0.208. The highest BCUT2D eigenvalue weighted by atomic mass is 35.5. The Morgan fingerprint density at radius 2 is 2.00 bits per heavy atom. The second-order valence-corrected chi connectivity index (χ2v) is 9.71. The fourth-order valence-electron chi connectivity index (χ4n) is 3.33. The van der Waals surface area contributed by atoms with Gasteiger partial charge in [-0.15, -0.1) is 11.3 Å². The van der Waals surface area contributed by atoms with Crippen LogP contribution in [0.2, 0.25) is 5.02 Å². The number of thioether (sulfide) groups is 1. The lowest BCUT2D eigenvalue weighted by Crippen LogP contribution is -2.25. The standard InChI is InChI=1S/C24H22ClN3O2S2/c1-4-20(22(29)28-18-11-16(25)9-10-19(18)30-3)32-24-21-17(12-31-23(21)26-13-27-24)15-7-5-14(2)6-8-15/h5-13,20H,4H2,1-3H3,(H,28,29). The quantitative estimate of drug-likeness (QED) is 0.230. The van der Waals surface area contributed by atoms with Crippen molar-refractivity contribution < 1.29 is 9.53 Å². The second-order valence-electron chi connectivity index (χ2n) is 7.22. The number of hydrogen-bond acceptors (Lipinski definition) is 6. The van der Waals surface area contributed by atoms with Crippen LogP contribution in [0.5, 0.6) is 5.75 Å². The molecule has 8 heteroatoms. The molecule has 0 saturated carbocycles. The van der Waals surface area contributed by atoms with Crippen molar-refractivity contribution in [2.24, 2.45) is 0 Å². The largest absolute Gasteiger partial charge is 0.495 e. The van der Waals surface area contributed by atoms with Crippen molar-refractivity contribution in [1.82, 2.24) is 9.97 Å². The molecule has 164 valence electrons. The van der Waals surface area contributed by atoms with E-state index in [2.05, 4.69) is 51.9 Å². The number of nitrogens with one attached hydrogen (secondary N) is 1. The molecule has 1 atom stereocenters. The number of ether oxygens (including phenoxy) is 1. The summed E-state index contributed by atoms with van der Waals surface area (Å²) < 4.78 is 5.35. The van der Waals surface area contributed by atoms with Gasteiger partial charge in [-0.3, -0.25) is 4.79 Å². The van der Waals surface area contributed by atoms with Gasteiger partial charge in [0.1, 0.15) is 21.9 Å². The smallest absolute Gasteiger partial charge is 0.238 e. The van der Waals surface area contributed by atoms with E-state index in [0.29, 0.717) is 22.9 Å². The van der Waals surface area contributed by atoms with E-state index >= 15 is 0 Å². The number of anilines is 1. The number of methoxy groups -OCH3 is 1.